The Balaban J connectivity index is 1.55. The van der Waals surface area contributed by atoms with E-state index < -0.39 is 0 Å². The van der Waals surface area contributed by atoms with Crippen LogP contribution in [0.4, 0.5) is 5.82 Å². The lowest BCUT2D eigenvalue weighted by Crippen LogP contribution is -2.46. The molecule has 27 heavy (non-hydrogen) atoms. The zero-order valence-electron chi connectivity index (χ0n) is 15.1. The van der Waals surface area contributed by atoms with Gasteiger partial charge in [-0.2, -0.15) is 0 Å². The lowest BCUT2D eigenvalue weighted by molar-refractivity contribution is 0.0674. The molecule has 136 valence electrons. The molecule has 0 radical (unpaired) electrons. The van der Waals surface area contributed by atoms with E-state index in [4.69, 9.17) is 5.73 Å². The quantitative estimate of drug-likeness (QED) is 0.738. The third kappa shape index (κ3) is 2.75. The van der Waals surface area contributed by atoms with Crippen LogP contribution in [-0.2, 0) is 6.54 Å². The predicted octanol–water partition coefficient (Wildman–Crippen LogP) is 3.19. The number of benzene rings is 2. The van der Waals surface area contributed by atoms with E-state index in [0.29, 0.717) is 12.4 Å². The topological polar surface area (TPSA) is 71.2 Å². The average molecular weight is 358 g/mol. The van der Waals surface area contributed by atoms with E-state index in [0.717, 1.165) is 59.1 Å². The molecule has 1 saturated heterocycles. The number of fused-ring (bicyclic) bond motifs is 2. The van der Waals surface area contributed by atoms with E-state index in [9.17, 15) is 4.79 Å². The molecule has 1 amide bonds. The largest absolute Gasteiger partial charge is 0.384 e. The van der Waals surface area contributed by atoms with E-state index >= 15 is 0 Å². The highest BCUT2D eigenvalue weighted by Gasteiger charge is 2.33. The molecule has 3 N–H and O–H groups in total. The van der Waals surface area contributed by atoms with Crippen molar-refractivity contribution >= 4 is 22.5 Å². The SMILES string of the molecule is Nc1cc2ccccc2c(-c2ccc3c(c2)CN(C2CCCNC2)C3=O)n1. The van der Waals surface area contributed by atoms with Crippen LogP contribution < -0.4 is 11.1 Å². The Morgan fingerprint density at radius 1 is 1.15 bits per heavy atom. The summed E-state index contributed by atoms with van der Waals surface area (Å²) in [5.74, 6) is 0.658. The molecule has 1 unspecified atom stereocenters. The molecule has 2 aliphatic heterocycles. The molecule has 0 bridgehead atoms. The second-order valence-corrected chi connectivity index (χ2v) is 7.42. The van der Waals surface area contributed by atoms with Gasteiger partial charge in [0.25, 0.3) is 5.91 Å². The lowest BCUT2D eigenvalue weighted by atomic mass is 10.00. The molecule has 0 spiro atoms. The summed E-state index contributed by atoms with van der Waals surface area (Å²) in [4.78, 5) is 19.5. The van der Waals surface area contributed by atoms with Gasteiger partial charge in [0.15, 0.2) is 0 Å². The highest BCUT2D eigenvalue weighted by molar-refractivity contribution is 6.01. The number of piperidine rings is 1. The molecule has 5 heteroatoms. The minimum absolute atomic E-state index is 0.149. The number of anilines is 1. The third-order valence-electron chi connectivity index (χ3n) is 5.68. The molecule has 0 saturated carbocycles. The summed E-state index contributed by atoms with van der Waals surface area (Å²) < 4.78 is 0. The average Bonchev–Trinajstić information content (AvgIpc) is 3.04. The minimum atomic E-state index is 0.149. The molecule has 5 nitrogen and oxygen atoms in total. The number of pyridine rings is 1. The Morgan fingerprint density at radius 3 is 2.89 bits per heavy atom. The Morgan fingerprint density at radius 2 is 2.04 bits per heavy atom. The number of hydrogen-bond donors (Lipinski definition) is 2. The van der Waals surface area contributed by atoms with Gasteiger partial charge < -0.3 is 16.0 Å². The molecular formula is C22H22N4O. The van der Waals surface area contributed by atoms with Crippen molar-refractivity contribution in [1.29, 1.82) is 0 Å². The van der Waals surface area contributed by atoms with Crippen molar-refractivity contribution in [2.75, 3.05) is 18.8 Å². The van der Waals surface area contributed by atoms with Gasteiger partial charge in [0.2, 0.25) is 0 Å². The second-order valence-electron chi connectivity index (χ2n) is 7.42. The van der Waals surface area contributed by atoms with Crippen LogP contribution in [0.1, 0.15) is 28.8 Å². The van der Waals surface area contributed by atoms with Crippen molar-refractivity contribution in [3.63, 3.8) is 0 Å². The van der Waals surface area contributed by atoms with Crippen molar-refractivity contribution in [3.05, 3.63) is 59.7 Å². The first kappa shape index (κ1) is 16.3. The van der Waals surface area contributed by atoms with E-state index in [2.05, 4.69) is 22.4 Å². The van der Waals surface area contributed by atoms with E-state index in [1.54, 1.807) is 0 Å². The first-order chi connectivity index (χ1) is 13.2. The van der Waals surface area contributed by atoms with Gasteiger partial charge in [-0.25, -0.2) is 4.98 Å². The fraction of sp³-hybridized carbons (Fsp3) is 0.273. The molecule has 0 aliphatic carbocycles. The molecule has 5 rings (SSSR count). The summed E-state index contributed by atoms with van der Waals surface area (Å²) in [7, 11) is 0. The fourth-order valence-electron chi connectivity index (χ4n) is 4.32. The molecule has 1 fully saturated rings. The summed E-state index contributed by atoms with van der Waals surface area (Å²) in [6.07, 6.45) is 2.19. The highest BCUT2D eigenvalue weighted by atomic mass is 16.2. The molecule has 1 atom stereocenters. The van der Waals surface area contributed by atoms with Crippen LogP contribution in [0.3, 0.4) is 0 Å². The van der Waals surface area contributed by atoms with E-state index in [1.165, 1.54) is 0 Å². The normalized spacial score (nSPS) is 19.5. The van der Waals surface area contributed by atoms with Gasteiger partial charge in [0.1, 0.15) is 5.82 Å². The highest BCUT2D eigenvalue weighted by Crippen LogP contribution is 2.33. The number of carbonyl (C=O) groups is 1. The summed E-state index contributed by atoms with van der Waals surface area (Å²) in [5.41, 5.74) is 9.81. The van der Waals surface area contributed by atoms with Crippen LogP contribution in [0.15, 0.2) is 48.5 Å². The Labute approximate surface area is 158 Å². The Hall–Kier alpha value is -2.92. The molecule has 3 aromatic rings. The van der Waals surface area contributed by atoms with Crippen LogP contribution >= 0.6 is 0 Å². The predicted molar refractivity (Wildman–Crippen MR) is 107 cm³/mol. The summed E-state index contributed by atoms with van der Waals surface area (Å²) >= 11 is 0. The molecule has 3 heterocycles. The van der Waals surface area contributed by atoms with Gasteiger partial charge in [0.05, 0.1) is 5.69 Å². The number of nitrogen functional groups attached to an aromatic ring is 1. The molecule has 1 aromatic heterocycles. The van der Waals surface area contributed by atoms with Crippen LogP contribution in [-0.4, -0.2) is 34.9 Å². The number of rotatable bonds is 2. The zero-order valence-corrected chi connectivity index (χ0v) is 15.1. The van der Waals surface area contributed by atoms with Crippen LogP contribution in [0, 0.1) is 0 Å². The maximum absolute atomic E-state index is 12.9. The van der Waals surface area contributed by atoms with Crippen molar-refractivity contribution < 1.29 is 4.79 Å². The zero-order chi connectivity index (χ0) is 18.4. The first-order valence-corrected chi connectivity index (χ1v) is 9.51. The number of nitrogens with one attached hydrogen (secondary N) is 1. The molecule has 2 aromatic carbocycles. The maximum Gasteiger partial charge on any atom is 0.254 e. The van der Waals surface area contributed by atoms with Crippen LogP contribution in [0.2, 0.25) is 0 Å². The van der Waals surface area contributed by atoms with Gasteiger partial charge in [0, 0.05) is 35.6 Å². The van der Waals surface area contributed by atoms with E-state index in [-0.39, 0.29) is 11.9 Å². The maximum atomic E-state index is 12.9. The monoisotopic (exact) mass is 358 g/mol. The number of nitrogens with zero attached hydrogens (tertiary/aromatic N) is 2. The van der Waals surface area contributed by atoms with Crippen LogP contribution in [0.5, 0.6) is 0 Å². The van der Waals surface area contributed by atoms with Crippen molar-refractivity contribution in [2.24, 2.45) is 0 Å². The Kier molecular flexibility index (Phi) is 3.83. The van der Waals surface area contributed by atoms with E-state index in [1.807, 2.05) is 41.3 Å². The van der Waals surface area contributed by atoms with Gasteiger partial charge in [-0.05, 0) is 48.5 Å². The minimum Gasteiger partial charge on any atom is -0.384 e. The Bertz CT molecular complexity index is 1040. The van der Waals surface area contributed by atoms with Gasteiger partial charge >= 0.3 is 0 Å². The summed E-state index contributed by atoms with van der Waals surface area (Å²) in [6.45, 7) is 2.60. The lowest BCUT2D eigenvalue weighted by Gasteiger charge is -2.31. The standard InChI is InChI=1S/C22H22N4O/c23-20-11-14-4-1-2-6-18(14)21(25-20)15-7-8-19-16(10-15)13-26(22(19)27)17-5-3-9-24-12-17/h1-2,4,6-8,10-11,17,24H,3,5,9,12-13H2,(H2,23,25). The van der Waals surface area contributed by atoms with Gasteiger partial charge in [-0.3, -0.25) is 4.79 Å². The van der Waals surface area contributed by atoms with Gasteiger partial charge in [-0.15, -0.1) is 0 Å². The first-order valence-electron chi connectivity index (χ1n) is 9.51. The number of nitrogens with two attached hydrogens (primary N) is 1. The summed E-state index contributed by atoms with van der Waals surface area (Å²) in [5, 5.41) is 5.55. The number of hydrogen-bond acceptors (Lipinski definition) is 4. The van der Waals surface area contributed by atoms with Gasteiger partial charge in [-0.1, -0.05) is 30.3 Å². The second kappa shape index (κ2) is 6.35. The third-order valence-corrected chi connectivity index (χ3v) is 5.68. The summed E-state index contributed by atoms with van der Waals surface area (Å²) in [6, 6.07) is 16.4. The van der Waals surface area contributed by atoms with Crippen molar-refractivity contribution in [3.8, 4) is 11.3 Å². The molecular weight excluding hydrogens is 336 g/mol. The number of aromatic nitrogens is 1. The fourth-order valence-corrected chi connectivity index (χ4v) is 4.32. The number of amides is 1. The number of carbonyl (C=O) groups excluding carboxylic acids is 1. The smallest absolute Gasteiger partial charge is 0.254 e. The molecule has 2 aliphatic rings. The van der Waals surface area contributed by atoms with Crippen molar-refractivity contribution in [1.82, 2.24) is 15.2 Å². The van der Waals surface area contributed by atoms with Crippen molar-refractivity contribution in [2.45, 2.75) is 25.4 Å². The van der Waals surface area contributed by atoms with Crippen LogP contribution in [0.25, 0.3) is 22.0 Å².